The molecule has 158 valence electrons. The van der Waals surface area contributed by atoms with E-state index in [9.17, 15) is 4.79 Å². The normalized spacial score (nSPS) is 14.0. The van der Waals surface area contributed by atoms with Gasteiger partial charge in [0.25, 0.3) is 5.91 Å². The number of carbonyl (C=O) groups is 1. The monoisotopic (exact) mass is 418 g/mol. The molecule has 0 aliphatic carbocycles. The third kappa shape index (κ3) is 3.80. The number of methoxy groups -OCH3 is 1. The summed E-state index contributed by atoms with van der Waals surface area (Å²) in [7, 11) is 1.63. The van der Waals surface area contributed by atoms with Crippen LogP contribution in [0.15, 0.2) is 42.7 Å². The van der Waals surface area contributed by atoms with Gasteiger partial charge in [-0.05, 0) is 30.3 Å². The molecule has 1 aliphatic rings. The number of nitrogens with zero attached hydrogens (tertiary/aromatic N) is 4. The average molecular weight is 418 g/mol. The smallest absolute Gasteiger partial charge is 0.293 e. The van der Waals surface area contributed by atoms with Gasteiger partial charge in [-0.25, -0.2) is 4.98 Å². The Morgan fingerprint density at radius 2 is 2.06 bits per heavy atom. The summed E-state index contributed by atoms with van der Waals surface area (Å²) in [4.78, 5) is 26.8. The zero-order valence-corrected chi connectivity index (χ0v) is 17.0. The second-order valence-corrected chi connectivity index (χ2v) is 7.23. The Morgan fingerprint density at radius 3 is 2.90 bits per heavy atom. The first-order chi connectivity index (χ1) is 15.2. The summed E-state index contributed by atoms with van der Waals surface area (Å²) < 4.78 is 5.27. The molecule has 0 atom stereocenters. The van der Waals surface area contributed by atoms with E-state index in [0.29, 0.717) is 17.2 Å². The second-order valence-electron chi connectivity index (χ2n) is 7.23. The van der Waals surface area contributed by atoms with E-state index in [1.807, 2.05) is 30.3 Å². The van der Waals surface area contributed by atoms with Crippen LogP contribution in [-0.4, -0.2) is 64.3 Å². The molecule has 31 heavy (non-hydrogen) atoms. The maximum absolute atomic E-state index is 12.8. The van der Waals surface area contributed by atoms with Crippen molar-refractivity contribution in [2.24, 2.45) is 0 Å². The summed E-state index contributed by atoms with van der Waals surface area (Å²) in [6.07, 6.45) is 3.38. The second kappa shape index (κ2) is 8.07. The minimum atomic E-state index is -0.374. The topological polar surface area (TPSA) is 124 Å². The van der Waals surface area contributed by atoms with Crippen LogP contribution >= 0.6 is 0 Å². The van der Waals surface area contributed by atoms with Crippen molar-refractivity contribution in [2.75, 3.05) is 43.5 Å². The predicted molar refractivity (Wildman–Crippen MR) is 118 cm³/mol. The van der Waals surface area contributed by atoms with Crippen molar-refractivity contribution >= 4 is 28.2 Å². The van der Waals surface area contributed by atoms with Gasteiger partial charge in [0.1, 0.15) is 5.75 Å². The molecule has 4 aromatic rings. The number of piperazine rings is 1. The zero-order valence-electron chi connectivity index (χ0n) is 17.0. The molecule has 10 nitrogen and oxygen atoms in total. The summed E-state index contributed by atoms with van der Waals surface area (Å²) in [6, 6.07) is 9.56. The highest BCUT2D eigenvalue weighted by Crippen LogP contribution is 2.27. The highest BCUT2D eigenvalue weighted by molar-refractivity contribution is 6.03. The van der Waals surface area contributed by atoms with Gasteiger partial charge in [-0.1, -0.05) is 0 Å². The van der Waals surface area contributed by atoms with E-state index in [2.05, 4.69) is 40.7 Å². The van der Waals surface area contributed by atoms with E-state index in [0.717, 1.165) is 48.5 Å². The van der Waals surface area contributed by atoms with Gasteiger partial charge < -0.3 is 25.3 Å². The van der Waals surface area contributed by atoms with Crippen LogP contribution in [-0.2, 0) is 0 Å². The SMILES string of the molecule is COc1ccc2[nH]c(-c3n[nH]c(C(=O)Nc4cnccc4N4CCNCC4)n3)cc2c1. The number of hydrogen-bond donors (Lipinski definition) is 4. The molecule has 0 saturated carbocycles. The number of aromatic amines is 2. The van der Waals surface area contributed by atoms with Crippen molar-refractivity contribution in [3.05, 3.63) is 48.5 Å². The van der Waals surface area contributed by atoms with E-state index < -0.39 is 0 Å². The van der Waals surface area contributed by atoms with E-state index >= 15 is 0 Å². The van der Waals surface area contributed by atoms with Crippen molar-refractivity contribution in [1.29, 1.82) is 0 Å². The largest absolute Gasteiger partial charge is 0.497 e. The summed E-state index contributed by atoms with van der Waals surface area (Å²) in [5.41, 5.74) is 3.23. The number of H-pyrrole nitrogens is 2. The molecule has 0 unspecified atom stereocenters. The molecule has 0 radical (unpaired) electrons. The summed E-state index contributed by atoms with van der Waals surface area (Å²) in [5.74, 6) is 0.931. The molecule has 1 saturated heterocycles. The van der Waals surface area contributed by atoms with Gasteiger partial charge in [-0.15, -0.1) is 0 Å². The summed E-state index contributed by atoms with van der Waals surface area (Å²) in [6.45, 7) is 3.53. The van der Waals surface area contributed by atoms with Gasteiger partial charge in [-0.2, -0.15) is 5.10 Å². The Bertz CT molecular complexity index is 1230. The number of amides is 1. The molecule has 3 aromatic heterocycles. The molecule has 5 rings (SSSR count). The van der Waals surface area contributed by atoms with Gasteiger partial charge in [0.15, 0.2) is 5.82 Å². The first kappa shape index (κ1) is 19.1. The Balaban J connectivity index is 1.36. The fourth-order valence-electron chi connectivity index (χ4n) is 3.69. The van der Waals surface area contributed by atoms with Gasteiger partial charge in [0.05, 0.1) is 30.4 Å². The van der Waals surface area contributed by atoms with Crippen molar-refractivity contribution in [3.63, 3.8) is 0 Å². The lowest BCUT2D eigenvalue weighted by atomic mass is 10.2. The van der Waals surface area contributed by atoms with E-state index in [-0.39, 0.29) is 11.7 Å². The van der Waals surface area contributed by atoms with Crippen LogP contribution in [0.5, 0.6) is 5.75 Å². The molecular formula is C21H22N8O2. The molecule has 4 heterocycles. The number of nitrogens with one attached hydrogen (secondary N) is 4. The highest BCUT2D eigenvalue weighted by atomic mass is 16.5. The Morgan fingerprint density at radius 1 is 1.19 bits per heavy atom. The average Bonchev–Trinajstić information content (AvgIpc) is 3.47. The standard InChI is InChI=1S/C21H22N8O2/c1-31-14-2-3-15-13(10-14)11-16(24-15)19-26-20(28-27-19)21(30)25-17-12-23-5-4-18(17)29-8-6-22-7-9-29/h2-5,10-12,22,24H,6-9H2,1H3,(H,25,30)(H,26,27,28). The number of aromatic nitrogens is 5. The van der Waals surface area contributed by atoms with Crippen LogP contribution < -0.4 is 20.3 Å². The zero-order chi connectivity index (χ0) is 21.2. The van der Waals surface area contributed by atoms with Crippen molar-refractivity contribution in [3.8, 4) is 17.3 Å². The van der Waals surface area contributed by atoms with Crippen LogP contribution in [0.3, 0.4) is 0 Å². The van der Waals surface area contributed by atoms with Crippen molar-refractivity contribution in [1.82, 2.24) is 30.5 Å². The number of pyridine rings is 1. The number of rotatable bonds is 5. The number of hydrogen-bond acceptors (Lipinski definition) is 7. The van der Waals surface area contributed by atoms with Gasteiger partial charge in [-0.3, -0.25) is 14.9 Å². The number of anilines is 2. The Labute approximate surface area is 178 Å². The quantitative estimate of drug-likeness (QED) is 0.391. The van der Waals surface area contributed by atoms with Crippen LogP contribution in [0.4, 0.5) is 11.4 Å². The fourth-order valence-corrected chi connectivity index (χ4v) is 3.69. The van der Waals surface area contributed by atoms with E-state index in [1.54, 1.807) is 19.5 Å². The molecule has 1 amide bonds. The molecule has 0 bridgehead atoms. The third-order valence-corrected chi connectivity index (χ3v) is 5.27. The lowest BCUT2D eigenvalue weighted by Gasteiger charge is -2.30. The molecule has 10 heteroatoms. The van der Waals surface area contributed by atoms with Crippen molar-refractivity contribution < 1.29 is 9.53 Å². The lowest BCUT2D eigenvalue weighted by molar-refractivity contribution is 0.101. The van der Waals surface area contributed by atoms with E-state index in [4.69, 9.17) is 4.74 Å². The summed E-state index contributed by atoms with van der Waals surface area (Å²) in [5, 5.41) is 14.1. The number of fused-ring (bicyclic) bond motifs is 1. The number of carbonyl (C=O) groups excluding carboxylic acids is 1. The molecule has 1 fully saturated rings. The molecule has 1 aliphatic heterocycles. The van der Waals surface area contributed by atoms with Crippen LogP contribution in [0.2, 0.25) is 0 Å². The van der Waals surface area contributed by atoms with Crippen LogP contribution in [0, 0.1) is 0 Å². The fraction of sp³-hybridized carbons (Fsp3) is 0.238. The minimum absolute atomic E-state index is 0.126. The molecule has 4 N–H and O–H groups in total. The minimum Gasteiger partial charge on any atom is -0.497 e. The lowest BCUT2D eigenvalue weighted by Crippen LogP contribution is -2.43. The first-order valence-corrected chi connectivity index (χ1v) is 10.0. The van der Waals surface area contributed by atoms with Gasteiger partial charge >= 0.3 is 0 Å². The number of benzene rings is 1. The van der Waals surface area contributed by atoms with Crippen LogP contribution in [0.25, 0.3) is 22.4 Å². The van der Waals surface area contributed by atoms with Crippen LogP contribution in [0.1, 0.15) is 10.6 Å². The Hall–Kier alpha value is -3.92. The number of ether oxygens (including phenoxy) is 1. The van der Waals surface area contributed by atoms with Gasteiger partial charge in [0, 0.05) is 43.3 Å². The first-order valence-electron chi connectivity index (χ1n) is 10.0. The van der Waals surface area contributed by atoms with Gasteiger partial charge in [0.2, 0.25) is 5.82 Å². The third-order valence-electron chi connectivity index (χ3n) is 5.27. The Kier molecular flexibility index (Phi) is 4.97. The van der Waals surface area contributed by atoms with E-state index in [1.165, 1.54) is 0 Å². The van der Waals surface area contributed by atoms with Crippen molar-refractivity contribution in [2.45, 2.75) is 0 Å². The molecule has 0 spiro atoms. The molecular weight excluding hydrogens is 396 g/mol. The summed E-state index contributed by atoms with van der Waals surface area (Å²) >= 11 is 0. The highest BCUT2D eigenvalue weighted by Gasteiger charge is 2.19. The molecule has 1 aromatic carbocycles. The maximum atomic E-state index is 12.8. The predicted octanol–water partition coefficient (Wildman–Crippen LogP) is 2.02. The maximum Gasteiger partial charge on any atom is 0.293 e.